The molecule has 2 atom stereocenters. The summed E-state index contributed by atoms with van der Waals surface area (Å²) >= 11 is 0. The quantitative estimate of drug-likeness (QED) is 0.626. The molecule has 1 aliphatic heterocycles. The van der Waals surface area contributed by atoms with Crippen LogP contribution >= 0.6 is 0 Å². The van der Waals surface area contributed by atoms with Crippen molar-refractivity contribution in [2.24, 2.45) is 0 Å². The number of carbonyl (C=O) groups excluding carboxylic acids is 1. The highest BCUT2D eigenvalue weighted by Crippen LogP contribution is 2.36. The smallest absolute Gasteiger partial charge is 0.363 e. The number of alkyl halides is 3. The fourth-order valence-corrected chi connectivity index (χ4v) is 1.31. The maximum absolute atomic E-state index is 12.3. The number of halogens is 3. The van der Waals surface area contributed by atoms with Crippen molar-refractivity contribution in [3.63, 3.8) is 0 Å². The van der Waals surface area contributed by atoms with E-state index in [4.69, 9.17) is 5.11 Å². The number of nitrogens with zero attached hydrogens (tertiary/aromatic N) is 1. The Kier molecular flexibility index (Phi) is 2.49. The van der Waals surface area contributed by atoms with Crippen molar-refractivity contribution >= 4 is 5.91 Å². The molecule has 0 aromatic heterocycles. The Labute approximate surface area is 78.7 Å². The molecule has 1 amide bonds. The van der Waals surface area contributed by atoms with Gasteiger partial charge >= 0.3 is 6.18 Å². The summed E-state index contributed by atoms with van der Waals surface area (Å²) in [6.07, 6.45) is -5.52. The van der Waals surface area contributed by atoms with E-state index in [1.54, 1.807) is 5.32 Å². The van der Waals surface area contributed by atoms with Gasteiger partial charge in [0.15, 0.2) is 0 Å². The van der Waals surface area contributed by atoms with Crippen LogP contribution in [0.5, 0.6) is 0 Å². The molecule has 0 radical (unpaired) electrons. The van der Waals surface area contributed by atoms with Crippen molar-refractivity contribution in [1.82, 2.24) is 10.2 Å². The second-order valence-corrected chi connectivity index (χ2v) is 3.53. The number of amides is 1. The first-order valence-corrected chi connectivity index (χ1v) is 3.95. The van der Waals surface area contributed by atoms with Gasteiger partial charge in [-0.15, -0.1) is 0 Å². The van der Waals surface area contributed by atoms with E-state index in [1.807, 2.05) is 0 Å². The van der Waals surface area contributed by atoms with E-state index in [1.165, 1.54) is 19.0 Å². The van der Waals surface area contributed by atoms with Crippen LogP contribution in [0.2, 0.25) is 0 Å². The minimum atomic E-state index is -4.84. The summed E-state index contributed by atoms with van der Waals surface area (Å²) in [5.74, 6) is -0.810. The number of rotatable bonds is 1. The molecule has 1 saturated heterocycles. The van der Waals surface area contributed by atoms with E-state index in [-0.39, 0.29) is 0 Å². The van der Waals surface area contributed by atoms with Gasteiger partial charge in [0.25, 0.3) is 0 Å². The number of hydrogen-bond donors (Lipinski definition) is 2. The highest BCUT2D eigenvalue weighted by Gasteiger charge is 2.61. The summed E-state index contributed by atoms with van der Waals surface area (Å²) < 4.78 is 36.8. The summed E-state index contributed by atoms with van der Waals surface area (Å²) in [5, 5.41) is 10.7. The number of aliphatic hydroxyl groups is 1. The molecule has 1 aliphatic rings. The van der Waals surface area contributed by atoms with Gasteiger partial charge in [-0.3, -0.25) is 9.69 Å². The van der Waals surface area contributed by atoms with Gasteiger partial charge < -0.3 is 10.4 Å². The lowest BCUT2D eigenvalue weighted by atomic mass is 10.1. The van der Waals surface area contributed by atoms with Crippen LogP contribution in [0.25, 0.3) is 0 Å². The van der Waals surface area contributed by atoms with Gasteiger partial charge in [-0.05, 0) is 14.1 Å². The number of carbonyl (C=O) groups is 1. The van der Waals surface area contributed by atoms with Gasteiger partial charge in [-0.2, -0.15) is 13.2 Å². The van der Waals surface area contributed by atoms with Crippen LogP contribution in [0.3, 0.4) is 0 Å². The van der Waals surface area contributed by atoms with Crippen LogP contribution in [-0.4, -0.2) is 48.0 Å². The molecule has 0 spiro atoms. The molecule has 2 unspecified atom stereocenters. The fraction of sp³-hybridized carbons (Fsp3) is 0.857. The molecule has 2 N–H and O–H groups in total. The van der Waals surface area contributed by atoms with Gasteiger partial charge in [0, 0.05) is 6.42 Å². The minimum absolute atomic E-state index is 0.678. The van der Waals surface area contributed by atoms with Crippen LogP contribution in [0, 0.1) is 0 Å². The van der Waals surface area contributed by atoms with E-state index < -0.39 is 30.3 Å². The Morgan fingerprint density at radius 1 is 1.57 bits per heavy atom. The van der Waals surface area contributed by atoms with Crippen LogP contribution < -0.4 is 5.32 Å². The van der Waals surface area contributed by atoms with Crippen LogP contribution in [-0.2, 0) is 4.79 Å². The molecule has 0 saturated carbocycles. The predicted molar refractivity (Wildman–Crippen MR) is 41.2 cm³/mol. The minimum Gasteiger partial charge on any atom is -0.363 e. The molecule has 1 heterocycles. The molecule has 14 heavy (non-hydrogen) atoms. The van der Waals surface area contributed by atoms with E-state index in [0.717, 1.165) is 0 Å². The lowest BCUT2D eigenvalue weighted by molar-refractivity contribution is -0.266. The van der Waals surface area contributed by atoms with E-state index in [0.29, 0.717) is 0 Å². The van der Waals surface area contributed by atoms with Crippen LogP contribution in [0.1, 0.15) is 6.42 Å². The topological polar surface area (TPSA) is 52.6 Å². The van der Waals surface area contributed by atoms with E-state index in [2.05, 4.69) is 0 Å². The normalized spacial score (nSPS) is 33.6. The molecule has 0 aromatic carbocycles. The molecular formula is C7H11F3N2O2. The Morgan fingerprint density at radius 2 is 2.07 bits per heavy atom. The second-order valence-electron chi connectivity index (χ2n) is 3.53. The number of likely N-dealkylation sites (N-methyl/N-ethyl adjacent to an activating group) is 1. The molecule has 0 bridgehead atoms. The Morgan fingerprint density at radius 3 is 2.29 bits per heavy atom. The Bertz CT molecular complexity index is 254. The summed E-state index contributed by atoms with van der Waals surface area (Å²) in [4.78, 5) is 12.4. The molecule has 0 aliphatic carbocycles. The van der Waals surface area contributed by atoms with Crippen LogP contribution in [0.4, 0.5) is 13.2 Å². The zero-order valence-corrected chi connectivity index (χ0v) is 7.72. The summed E-state index contributed by atoms with van der Waals surface area (Å²) in [7, 11) is 2.96. The van der Waals surface area contributed by atoms with Gasteiger partial charge in [0.1, 0.15) is 0 Å². The SMILES string of the molecule is CN(C)C1CC(O)(C(F)(F)F)NC1=O. The van der Waals surface area contributed by atoms with Crippen molar-refractivity contribution in [2.75, 3.05) is 14.1 Å². The molecule has 7 heteroatoms. The second kappa shape index (κ2) is 3.09. The van der Waals surface area contributed by atoms with Crippen molar-refractivity contribution < 1.29 is 23.1 Å². The Balaban J connectivity index is 2.86. The van der Waals surface area contributed by atoms with E-state index >= 15 is 0 Å². The van der Waals surface area contributed by atoms with Crippen molar-refractivity contribution in [1.29, 1.82) is 0 Å². The van der Waals surface area contributed by atoms with Gasteiger partial charge in [0.05, 0.1) is 6.04 Å². The predicted octanol–water partition coefficient (Wildman–Crippen LogP) is -0.313. The van der Waals surface area contributed by atoms with Gasteiger partial charge in [-0.1, -0.05) is 0 Å². The third-order valence-electron chi connectivity index (χ3n) is 2.21. The standard InChI is InChI=1S/C7H11F3N2O2/c1-12(2)4-3-6(14,7(8,9)10)11-5(4)13/h4,14H,3H2,1-2H3,(H,11,13). The zero-order valence-electron chi connectivity index (χ0n) is 7.72. The third-order valence-corrected chi connectivity index (χ3v) is 2.21. The maximum Gasteiger partial charge on any atom is 0.436 e. The molecule has 82 valence electrons. The maximum atomic E-state index is 12.3. The average molecular weight is 212 g/mol. The number of nitrogens with one attached hydrogen (secondary N) is 1. The Hall–Kier alpha value is -0.820. The van der Waals surface area contributed by atoms with Crippen molar-refractivity contribution in [3.05, 3.63) is 0 Å². The van der Waals surface area contributed by atoms with Gasteiger partial charge in [-0.25, -0.2) is 0 Å². The van der Waals surface area contributed by atoms with Crippen molar-refractivity contribution in [2.45, 2.75) is 24.4 Å². The number of hydrogen-bond acceptors (Lipinski definition) is 3. The highest BCUT2D eigenvalue weighted by molar-refractivity contribution is 5.85. The van der Waals surface area contributed by atoms with Crippen LogP contribution in [0.15, 0.2) is 0 Å². The third kappa shape index (κ3) is 1.69. The average Bonchev–Trinajstić information content (AvgIpc) is 2.26. The first-order valence-electron chi connectivity index (χ1n) is 3.95. The lowest BCUT2D eigenvalue weighted by Crippen LogP contribution is -2.53. The molecular weight excluding hydrogens is 201 g/mol. The first-order chi connectivity index (χ1) is 6.17. The highest BCUT2D eigenvalue weighted by atomic mass is 19.4. The molecule has 4 nitrogen and oxygen atoms in total. The zero-order chi connectivity index (χ0) is 11.1. The molecule has 0 aromatic rings. The summed E-state index contributed by atoms with van der Waals surface area (Å²) in [5.41, 5.74) is -3.08. The lowest BCUT2D eigenvalue weighted by Gasteiger charge is -2.25. The van der Waals surface area contributed by atoms with E-state index in [9.17, 15) is 18.0 Å². The fourth-order valence-electron chi connectivity index (χ4n) is 1.31. The summed E-state index contributed by atoms with van der Waals surface area (Å²) in [6, 6.07) is -0.943. The largest absolute Gasteiger partial charge is 0.436 e. The van der Waals surface area contributed by atoms with Crippen molar-refractivity contribution in [3.8, 4) is 0 Å². The molecule has 1 rings (SSSR count). The molecule has 1 fully saturated rings. The first kappa shape index (κ1) is 11.3. The van der Waals surface area contributed by atoms with Gasteiger partial charge in [0.2, 0.25) is 11.6 Å². The monoisotopic (exact) mass is 212 g/mol. The summed E-state index contributed by atoms with van der Waals surface area (Å²) in [6.45, 7) is 0.